The molecular formula is C13H12N2O5. The highest BCUT2D eigenvalue weighted by Crippen LogP contribution is 2.26. The summed E-state index contributed by atoms with van der Waals surface area (Å²) in [7, 11) is 0. The molecule has 1 aromatic carbocycles. The van der Waals surface area contributed by atoms with Crippen LogP contribution in [0.4, 0.5) is 5.69 Å². The highest BCUT2D eigenvalue weighted by molar-refractivity contribution is 5.86. The summed E-state index contributed by atoms with van der Waals surface area (Å²) < 4.78 is 5.38. The fourth-order valence-electron chi connectivity index (χ4n) is 1.40. The van der Waals surface area contributed by atoms with E-state index in [1.54, 1.807) is 6.92 Å². The first kappa shape index (κ1) is 15.2. The zero-order chi connectivity index (χ0) is 15.1. The molecule has 7 heteroatoms. The first-order valence-electron chi connectivity index (χ1n) is 5.73. The average molecular weight is 276 g/mol. The molecule has 1 N–H and O–H groups in total. The van der Waals surface area contributed by atoms with Crippen molar-refractivity contribution >= 4 is 17.7 Å². The van der Waals surface area contributed by atoms with E-state index in [0.29, 0.717) is 6.42 Å². The van der Waals surface area contributed by atoms with Crippen molar-refractivity contribution in [1.82, 2.24) is 0 Å². The van der Waals surface area contributed by atoms with Crippen molar-refractivity contribution in [2.75, 3.05) is 0 Å². The van der Waals surface area contributed by atoms with Gasteiger partial charge in [0.2, 0.25) is 0 Å². The SMILES string of the molecule is CCC(C#N)Oc1ccc([N+](=O)[O-])cc1C=CC(=O)O. The number of rotatable bonds is 6. The summed E-state index contributed by atoms with van der Waals surface area (Å²) in [5.41, 5.74) is 0.0442. The standard InChI is InChI=1S/C13H12N2O5/c1-2-11(8-14)20-12-5-4-10(15(18)19)7-9(12)3-6-13(16)17/h3-7,11H,2H2,1H3,(H,16,17). The Bertz CT molecular complexity index is 589. The Kier molecular flexibility index (Phi) is 5.23. The molecule has 1 atom stereocenters. The van der Waals surface area contributed by atoms with Crippen molar-refractivity contribution in [3.63, 3.8) is 0 Å². The zero-order valence-corrected chi connectivity index (χ0v) is 10.6. The van der Waals surface area contributed by atoms with Crippen LogP contribution in [0.15, 0.2) is 24.3 Å². The monoisotopic (exact) mass is 276 g/mol. The molecule has 0 heterocycles. The van der Waals surface area contributed by atoms with E-state index in [-0.39, 0.29) is 17.0 Å². The third-order valence-electron chi connectivity index (χ3n) is 2.39. The number of non-ortho nitro benzene ring substituents is 1. The molecule has 0 aliphatic carbocycles. The first-order chi connectivity index (χ1) is 9.47. The third-order valence-corrected chi connectivity index (χ3v) is 2.39. The predicted octanol–water partition coefficient (Wildman–Crippen LogP) is 2.37. The molecule has 0 saturated carbocycles. The molecule has 0 aliphatic rings. The smallest absolute Gasteiger partial charge is 0.328 e. The van der Waals surface area contributed by atoms with E-state index >= 15 is 0 Å². The van der Waals surface area contributed by atoms with Gasteiger partial charge < -0.3 is 9.84 Å². The molecule has 1 aromatic rings. The Labute approximate surface area is 114 Å². The number of hydrogen-bond donors (Lipinski definition) is 1. The number of aliphatic carboxylic acids is 1. The summed E-state index contributed by atoms with van der Waals surface area (Å²) in [5.74, 6) is -0.962. The van der Waals surface area contributed by atoms with Gasteiger partial charge >= 0.3 is 5.97 Å². The average Bonchev–Trinajstić information content (AvgIpc) is 2.42. The number of carboxylic acids is 1. The van der Waals surface area contributed by atoms with Crippen LogP contribution in [-0.4, -0.2) is 22.1 Å². The van der Waals surface area contributed by atoms with Gasteiger partial charge in [-0.1, -0.05) is 6.92 Å². The number of ether oxygens (including phenoxy) is 1. The quantitative estimate of drug-likeness (QED) is 0.484. The Morgan fingerprint density at radius 2 is 2.35 bits per heavy atom. The van der Waals surface area contributed by atoms with Crippen molar-refractivity contribution in [3.8, 4) is 11.8 Å². The second-order valence-corrected chi connectivity index (χ2v) is 3.79. The summed E-state index contributed by atoms with van der Waals surface area (Å²) in [6.07, 6.45) is 1.78. The summed E-state index contributed by atoms with van der Waals surface area (Å²) in [4.78, 5) is 20.6. The molecule has 7 nitrogen and oxygen atoms in total. The van der Waals surface area contributed by atoms with E-state index in [1.165, 1.54) is 24.3 Å². The minimum atomic E-state index is -1.19. The molecule has 0 saturated heterocycles. The second kappa shape index (κ2) is 6.89. The molecular weight excluding hydrogens is 264 g/mol. The van der Waals surface area contributed by atoms with Gasteiger partial charge in [-0.3, -0.25) is 10.1 Å². The molecule has 0 spiro atoms. The van der Waals surface area contributed by atoms with Crippen LogP contribution in [0.25, 0.3) is 6.08 Å². The molecule has 1 rings (SSSR count). The molecule has 104 valence electrons. The van der Waals surface area contributed by atoms with E-state index in [1.807, 2.05) is 6.07 Å². The predicted molar refractivity (Wildman–Crippen MR) is 70.1 cm³/mol. The summed E-state index contributed by atoms with van der Waals surface area (Å²) >= 11 is 0. The lowest BCUT2D eigenvalue weighted by molar-refractivity contribution is -0.384. The fraction of sp³-hybridized carbons (Fsp3) is 0.231. The molecule has 1 unspecified atom stereocenters. The van der Waals surface area contributed by atoms with Gasteiger partial charge in [-0.2, -0.15) is 5.26 Å². The highest BCUT2D eigenvalue weighted by atomic mass is 16.6. The third kappa shape index (κ3) is 4.10. The van der Waals surface area contributed by atoms with Gasteiger partial charge in [0.25, 0.3) is 5.69 Å². The molecule has 0 bridgehead atoms. The van der Waals surface area contributed by atoms with Crippen LogP contribution in [-0.2, 0) is 4.79 Å². The number of carbonyl (C=O) groups is 1. The van der Waals surface area contributed by atoms with E-state index in [4.69, 9.17) is 15.1 Å². The van der Waals surface area contributed by atoms with E-state index in [2.05, 4.69) is 0 Å². The molecule has 0 amide bonds. The Morgan fingerprint density at radius 1 is 1.65 bits per heavy atom. The lowest BCUT2D eigenvalue weighted by atomic mass is 10.1. The van der Waals surface area contributed by atoms with Gasteiger partial charge in [0.05, 0.1) is 4.92 Å². The maximum absolute atomic E-state index is 10.7. The molecule has 20 heavy (non-hydrogen) atoms. The number of benzene rings is 1. The van der Waals surface area contributed by atoms with Gasteiger partial charge in [0.1, 0.15) is 11.8 Å². The van der Waals surface area contributed by atoms with Crippen LogP contribution in [0.5, 0.6) is 5.75 Å². The van der Waals surface area contributed by atoms with Crippen molar-refractivity contribution < 1.29 is 19.6 Å². The van der Waals surface area contributed by atoms with Gasteiger partial charge in [-0.05, 0) is 18.6 Å². The van der Waals surface area contributed by atoms with Crippen LogP contribution >= 0.6 is 0 Å². The van der Waals surface area contributed by atoms with Crippen LogP contribution in [0.2, 0.25) is 0 Å². The number of nitrogens with zero attached hydrogens (tertiary/aromatic N) is 2. The lowest BCUT2D eigenvalue weighted by Crippen LogP contribution is -2.13. The number of carboxylic acid groups (broad SMARTS) is 1. The molecule has 0 radical (unpaired) electrons. The topological polar surface area (TPSA) is 113 Å². The summed E-state index contributed by atoms with van der Waals surface area (Å²) in [5, 5.41) is 28.2. The van der Waals surface area contributed by atoms with Crippen LogP contribution in [0.1, 0.15) is 18.9 Å². The first-order valence-corrected chi connectivity index (χ1v) is 5.73. The molecule has 0 aliphatic heterocycles. The van der Waals surface area contributed by atoms with E-state index in [0.717, 1.165) is 6.08 Å². The van der Waals surface area contributed by atoms with Crippen LogP contribution in [0, 0.1) is 21.4 Å². The van der Waals surface area contributed by atoms with Crippen LogP contribution in [0.3, 0.4) is 0 Å². The minimum absolute atomic E-state index is 0.188. The van der Waals surface area contributed by atoms with Gasteiger partial charge in [-0.15, -0.1) is 0 Å². The van der Waals surface area contributed by atoms with Gasteiger partial charge in [0.15, 0.2) is 6.10 Å². The minimum Gasteiger partial charge on any atom is -0.478 e. The fourth-order valence-corrected chi connectivity index (χ4v) is 1.40. The van der Waals surface area contributed by atoms with Crippen LogP contribution < -0.4 is 4.74 Å². The Morgan fingerprint density at radius 3 is 2.85 bits per heavy atom. The van der Waals surface area contributed by atoms with Crippen molar-refractivity contribution in [2.24, 2.45) is 0 Å². The number of nitro benzene ring substituents is 1. The van der Waals surface area contributed by atoms with Gasteiger partial charge in [0, 0.05) is 23.8 Å². The number of hydrogen-bond acceptors (Lipinski definition) is 5. The molecule has 0 aromatic heterocycles. The van der Waals surface area contributed by atoms with Crippen molar-refractivity contribution in [1.29, 1.82) is 5.26 Å². The zero-order valence-electron chi connectivity index (χ0n) is 10.6. The number of nitriles is 1. The molecule has 0 fully saturated rings. The van der Waals surface area contributed by atoms with E-state index in [9.17, 15) is 14.9 Å². The summed E-state index contributed by atoms with van der Waals surface area (Å²) in [6, 6.07) is 5.71. The highest BCUT2D eigenvalue weighted by Gasteiger charge is 2.13. The van der Waals surface area contributed by atoms with E-state index < -0.39 is 17.0 Å². The number of nitro groups is 1. The summed E-state index contributed by atoms with van der Waals surface area (Å²) in [6.45, 7) is 1.76. The van der Waals surface area contributed by atoms with Gasteiger partial charge in [-0.25, -0.2) is 4.79 Å². The lowest BCUT2D eigenvalue weighted by Gasteiger charge is -2.12. The second-order valence-electron chi connectivity index (χ2n) is 3.79. The maximum Gasteiger partial charge on any atom is 0.328 e. The Balaban J connectivity index is 3.18. The van der Waals surface area contributed by atoms with Crippen molar-refractivity contribution in [3.05, 3.63) is 40.0 Å². The van der Waals surface area contributed by atoms with Crippen molar-refractivity contribution in [2.45, 2.75) is 19.4 Å². The maximum atomic E-state index is 10.7. The normalized spacial score (nSPS) is 11.8. The largest absolute Gasteiger partial charge is 0.478 e. The Hall–Kier alpha value is -2.88.